The van der Waals surface area contributed by atoms with Crippen LogP contribution in [0.5, 0.6) is 5.75 Å². The third-order valence-electron chi connectivity index (χ3n) is 2.71. The van der Waals surface area contributed by atoms with Crippen molar-refractivity contribution in [3.63, 3.8) is 0 Å². The fourth-order valence-corrected chi connectivity index (χ4v) is 1.69. The maximum atomic E-state index is 13.5. The topological polar surface area (TPSA) is 64.1 Å². The number of methoxy groups -OCH3 is 1. The van der Waals surface area contributed by atoms with Gasteiger partial charge in [-0.25, -0.2) is 9.37 Å². The zero-order valence-corrected chi connectivity index (χ0v) is 11.0. The minimum absolute atomic E-state index is 0.206. The molecule has 20 heavy (non-hydrogen) atoms. The van der Waals surface area contributed by atoms with Crippen LogP contribution in [0, 0.1) is 5.82 Å². The summed E-state index contributed by atoms with van der Waals surface area (Å²) in [6.07, 6.45) is 4.86. The fraction of sp³-hybridized carbons (Fsp3) is 0.214. The Kier molecular flexibility index (Phi) is 4.60. The summed E-state index contributed by atoms with van der Waals surface area (Å²) in [7, 11) is 1.42. The van der Waals surface area contributed by atoms with Gasteiger partial charge in [-0.2, -0.15) is 0 Å². The Morgan fingerprint density at radius 1 is 1.40 bits per heavy atom. The molecule has 6 heteroatoms. The summed E-state index contributed by atoms with van der Waals surface area (Å²) in [5, 5.41) is 2.70. The second-order valence-electron chi connectivity index (χ2n) is 4.07. The predicted octanol–water partition coefficient (Wildman–Crippen LogP) is 1.60. The van der Waals surface area contributed by atoms with Gasteiger partial charge in [-0.15, -0.1) is 0 Å². The fourth-order valence-electron chi connectivity index (χ4n) is 1.69. The maximum absolute atomic E-state index is 13.5. The van der Waals surface area contributed by atoms with Crippen LogP contribution < -0.4 is 10.1 Å². The molecule has 0 radical (unpaired) electrons. The molecule has 1 aromatic heterocycles. The Bertz CT molecular complexity index is 590. The van der Waals surface area contributed by atoms with Crippen LogP contribution in [0.2, 0.25) is 0 Å². The highest BCUT2D eigenvalue weighted by molar-refractivity contribution is 5.91. The number of halogens is 1. The van der Waals surface area contributed by atoms with E-state index in [1.165, 1.54) is 31.8 Å². The van der Waals surface area contributed by atoms with Crippen LogP contribution in [0.1, 0.15) is 16.1 Å². The van der Waals surface area contributed by atoms with Crippen molar-refractivity contribution in [2.45, 2.75) is 6.42 Å². The van der Waals surface area contributed by atoms with E-state index in [4.69, 9.17) is 4.74 Å². The predicted molar refractivity (Wildman–Crippen MR) is 71.0 cm³/mol. The molecule has 2 rings (SSSR count). The van der Waals surface area contributed by atoms with Gasteiger partial charge >= 0.3 is 0 Å². The van der Waals surface area contributed by atoms with Gasteiger partial charge in [0, 0.05) is 18.9 Å². The number of ether oxygens (including phenoxy) is 1. The third-order valence-corrected chi connectivity index (χ3v) is 2.71. The first-order valence-corrected chi connectivity index (χ1v) is 6.07. The van der Waals surface area contributed by atoms with Gasteiger partial charge in [0.15, 0.2) is 11.6 Å². The van der Waals surface area contributed by atoms with Crippen molar-refractivity contribution in [3.8, 4) is 5.75 Å². The summed E-state index contributed by atoms with van der Waals surface area (Å²) in [6, 6.07) is 4.72. The Hall–Kier alpha value is -2.50. The molecule has 1 amide bonds. The van der Waals surface area contributed by atoms with Crippen molar-refractivity contribution in [1.82, 2.24) is 15.3 Å². The molecule has 0 saturated heterocycles. The lowest BCUT2D eigenvalue weighted by atomic mass is 10.1. The van der Waals surface area contributed by atoms with E-state index >= 15 is 0 Å². The molecule has 2 aromatic rings. The zero-order valence-electron chi connectivity index (χ0n) is 11.0. The summed E-state index contributed by atoms with van der Waals surface area (Å²) in [5.74, 6) is -0.505. The normalized spacial score (nSPS) is 10.1. The smallest absolute Gasteiger partial charge is 0.271 e. The molecule has 5 nitrogen and oxygen atoms in total. The molecule has 0 spiro atoms. The van der Waals surface area contributed by atoms with Crippen LogP contribution in [0.25, 0.3) is 0 Å². The van der Waals surface area contributed by atoms with E-state index in [0.29, 0.717) is 13.0 Å². The van der Waals surface area contributed by atoms with Crippen molar-refractivity contribution >= 4 is 5.91 Å². The number of nitrogens with zero attached hydrogens (tertiary/aromatic N) is 2. The number of amides is 1. The number of aromatic nitrogens is 2. The van der Waals surface area contributed by atoms with E-state index in [-0.39, 0.29) is 17.4 Å². The molecule has 0 fully saturated rings. The Morgan fingerprint density at radius 3 is 2.90 bits per heavy atom. The van der Waals surface area contributed by atoms with E-state index in [0.717, 1.165) is 5.56 Å². The van der Waals surface area contributed by atoms with Crippen LogP contribution in [0.15, 0.2) is 36.8 Å². The monoisotopic (exact) mass is 275 g/mol. The van der Waals surface area contributed by atoms with Gasteiger partial charge in [0.1, 0.15) is 5.69 Å². The van der Waals surface area contributed by atoms with Crippen molar-refractivity contribution in [3.05, 3.63) is 53.9 Å². The highest BCUT2D eigenvalue weighted by Gasteiger charge is 2.07. The van der Waals surface area contributed by atoms with E-state index in [1.54, 1.807) is 12.1 Å². The number of carbonyl (C=O) groups excluding carboxylic acids is 1. The molecule has 0 aliphatic rings. The standard InChI is InChI=1S/C14H14FN3O2/c1-20-13-3-2-10(8-11(13)15)4-5-18-14(19)12-9-16-6-7-17-12/h2-3,6-9H,4-5H2,1H3,(H,18,19). The largest absolute Gasteiger partial charge is 0.494 e. The van der Waals surface area contributed by atoms with Gasteiger partial charge in [0.25, 0.3) is 5.91 Å². The molecule has 1 heterocycles. The number of hydrogen-bond acceptors (Lipinski definition) is 4. The molecule has 1 aromatic carbocycles. The minimum Gasteiger partial charge on any atom is -0.494 e. The lowest BCUT2D eigenvalue weighted by Gasteiger charge is -2.06. The summed E-state index contributed by atoms with van der Waals surface area (Å²) in [6.45, 7) is 0.390. The lowest BCUT2D eigenvalue weighted by molar-refractivity contribution is 0.0948. The summed E-state index contributed by atoms with van der Waals surface area (Å²) >= 11 is 0. The number of benzene rings is 1. The lowest BCUT2D eigenvalue weighted by Crippen LogP contribution is -2.26. The molecule has 0 saturated carbocycles. The Morgan fingerprint density at radius 2 is 2.25 bits per heavy atom. The van der Waals surface area contributed by atoms with Crippen molar-refractivity contribution in [1.29, 1.82) is 0 Å². The second kappa shape index (κ2) is 6.60. The number of carbonyl (C=O) groups is 1. The van der Waals surface area contributed by atoms with Gasteiger partial charge in [-0.3, -0.25) is 9.78 Å². The number of nitrogens with one attached hydrogen (secondary N) is 1. The average molecular weight is 275 g/mol. The van der Waals surface area contributed by atoms with Crippen molar-refractivity contribution in [2.75, 3.05) is 13.7 Å². The van der Waals surface area contributed by atoms with E-state index in [9.17, 15) is 9.18 Å². The SMILES string of the molecule is COc1ccc(CCNC(=O)c2cnccn2)cc1F. The molecule has 1 N–H and O–H groups in total. The zero-order chi connectivity index (χ0) is 14.4. The Labute approximate surface area is 115 Å². The van der Waals surface area contributed by atoms with Crippen LogP contribution >= 0.6 is 0 Å². The van der Waals surface area contributed by atoms with Gasteiger partial charge in [0.2, 0.25) is 0 Å². The molecular formula is C14H14FN3O2. The first-order valence-electron chi connectivity index (χ1n) is 6.07. The number of hydrogen-bond donors (Lipinski definition) is 1. The average Bonchev–Trinajstić information content (AvgIpc) is 2.48. The second-order valence-corrected chi connectivity index (χ2v) is 4.07. The molecule has 0 bridgehead atoms. The first-order chi connectivity index (χ1) is 9.70. The highest BCUT2D eigenvalue weighted by atomic mass is 19.1. The van der Waals surface area contributed by atoms with Crippen LogP contribution in [0.4, 0.5) is 4.39 Å². The van der Waals surface area contributed by atoms with Crippen LogP contribution in [-0.2, 0) is 6.42 Å². The third kappa shape index (κ3) is 3.50. The Balaban J connectivity index is 1.87. The quantitative estimate of drug-likeness (QED) is 0.900. The molecular weight excluding hydrogens is 261 g/mol. The minimum atomic E-state index is -0.412. The highest BCUT2D eigenvalue weighted by Crippen LogP contribution is 2.17. The molecule has 0 atom stereocenters. The first kappa shape index (κ1) is 13.9. The molecule has 0 unspecified atom stereocenters. The summed E-state index contributed by atoms with van der Waals surface area (Å²) in [5.41, 5.74) is 1.04. The van der Waals surface area contributed by atoms with Crippen LogP contribution in [-0.4, -0.2) is 29.5 Å². The van der Waals surface area contributed by atoms with E-state index < -0.39 is 5.82 Å². The van der Waals surface area contributed by atoms with Gasteiger partial charge in [-0.1, -0.05) is 6.07 Å². The van der Waals surface area contributed by atoms with Crippen molar-refractivity contribution in [2.24, 2.45) is 0 Å². The summed E-state index contributed by atoms with van der Waals surface area (Å²) < 4.78 is 18.3. The molecule has 0 aliphatic heterocycles. The van der Waals surface area contributed by atoms with Crippen LogP contribution in [0.3, 0.4) is 0 Å². The number of rotatable bonds is 5. The molecule has 104 valence electrons. The van der Waals surface area contributed by atoms with Gasteiger partial charge in [0.05, 0.1) is 13.3 Å². The summed E-state index contributed by atoms with van der Waals surface area (Å²) in [4.78, 5) is 19.4. The molecule has 0 aliphatic carbocycles. The van der Waals surface area contributed by atoms with E-state index in [1.807, 2.05) is 0 Å². The van der Waals surface area contributed by atoms with Crippen molar-refractivity contribution < 1.29 is 13.9 Å². The van der Waals surface area contributed by atoms with Gasteiger partial charge < -0.3 is 10.1 Å². The maximum Gasteiger partial charge on any atom is 0.271 e. The van der Waals surface area contributed by atoms with E-state index in [2.05, 4.69) is 15.3 Å². The van der Waals surface area contributed by atoms with Gasteiger partial charge in [-0.05, 0) is 24.1 Å².